The smallest absolute Gasteiger partial charge is 0.338 e. The van der Waals surface area contributed by atoms with Crippen LogP contribution in [0, 0.1) is 5.41 Å². The van der Waals surface area contributed by atoms with E-state index in [1.165, 1.54) is 34.8 Å². The van der Waals surface area contributed by atoms with Crippen LogP contribution in [0.15, 0.2) is 53.9 Å². The van der Waals surface area contributed by atoms with E-state index in [2.05, 4.69) is 10.6 Å². The number of hydrogen-bond acceptors (Lipinski definition) is 7. The highest BCUT2D eigenvalue weighted by Crippen LogP contribution is 2.19. The zero-order chi connectivity index (χ0) is 24.0. The molecule has 7 nitrogen and oxygen atoms in total. The number of amides is 2. The summed E-state index contributed by atoms with van der Waals surface area (Å²) in [7, 11) is 0. The van der Waals surface area contributed by atoms with Gasteiger partial charge in [0.25, 0.3) is 5.91 Å². The Morgan fingerprint density at radius 1 is 0.939 bits per heavy atom. The highest BCUT2D eigenvalue weighted by molar-refractivity contribution is 7.14. The third kappa shape index (κ3) is 6.84. The van der Waals surface area contributed by atoms with Gasteiger partial charge in [-0.05, 0) is 47.8 Å². The summed E-state index contributed by atoms with van der Waals surface area (Å²) in [5.74, 6) is -1.25. The highest BCUT2D eigenvalue weighted by Gasteiger charge is 2.21. The molecule has 3 rings (SSSR count). The van der Waals surface area contributed by atoms with Gasteiger partial charge >= 0.3 is 5.97 Å². The largest absolute Gasteiger partial charge is 0.454 e. The molecule has 0 spiro atoms. The molecule has 0 bridgehead atoms. The van der Waals surface area contributed by atoms with Crippen molar-refractivity contribution in [3.63, 3.8) is 0 Å². The van der Waals surface area contributed by atoms with Gasteiger partial charge in [-0.2, -0.15) is 0 Å². The molecule has 0 aliphatic carbocycles. The molecule has 0 saturated carbocycles. The summed E-state index contributed by atoms with van der Waals surface area (Å²) in [5, 5.41) is 7.40. The van der Waals surface area contributed by atoms with E-state index >= 15 is 0 Å². The van der Waals surface area contributed by atoms with Crippen molar-refractivity contribution >= 4 is 51.9 Å². The van der Waals surface area contributed by atoms with Crippen LogP contribution >= 0.6 is 22.7 Å². The highest BCUT2D eigenvalue weighted by atomic mass is 32.1. The van der Waals surface area contributed by atoms with Crippen LogP contribution in [0.2, 0.25) is 0 Å². The lowest BCUT2D eigenvalue weighted by atomic mass is 9.96. The number of carbonyl (C=O) groups excluding carboxylic acids is 4. The molecule has 0 atom stereocenters. The summed E-state index contributed by atoms with van der Waals surface area (Å²) in [5.41, 5.74) is 0.331. The van der Waals surface area contributed by atoms with Crippen LogP contribution in [-0.2, 0) is 16.1 Å². The Morgan fingerprint density at radius 3 is 2.30 bits per heavy atom. The number of carbonyl (C=O) groups is 4. The quantitative estimate of drug-likeness (QED) is 0.354. The zero-order valence-electron chi connectivity index (χ0n) is 18.5. The van der Waals surface area contributed by atoms with Gasteiger partial charge in [0.05, 0.1) is 21.9 Å². The first-order valence-corrected chi connectivity index (χ1v) is 11.9. The van der Waals surface area contributed by atoms with Gasteiger partial charge in [-0.25, -0.2) is 4.79 Å². The number of thiophene rings is 2. The Bertz CT molecular complexity index is 1140. The van der Waals surface area contributed by atoms with E-state index in [0.717, 1.165) is 4.88 Å². The van der Waals surface area contributed by atoms with E-state index in [-0.39, 0.29) is 29.8 Å². The topological polar surface area (TPSA) is 102 Å². The Kier molecular flexibility index (Phi) is 7.78. The molecule has 0 fully saturated rings. The van der Waals surface area contributed by atoms with Gasteiger partial charge in [-0.1, -0.05) is 26.8 Å². The fourth-order valence-electron chi connectivity index (χ4n) is 2.63. The van der Waals surface area contributed by atoms with Crippen LogP contribution < -0.4 is 10.6 Å². The molecule has 0 saturated heterocycles. The summed E-state index contributed by atoms with van der Waals surface area (Å²) in [6.45, 7) is 5.44. The first-order chi connectivity index (χ1) is 15.6. The molecule has 3 aromatic rings. The van der Waals surface area contributed by atoms with Crippen LogP contribution in [0.1, 0.15) is 55.3 Å². The molecule has 0 unspecified atom stereocenters. The number of ether oxygens (including phenoxy) is 1. The Balaban J connectivity index is 1.48. The molecular weight excluding hydrogens is 460 g/mol. The van der Waals surface area contributed by atoms with E-state index in [9.17, 15) is 19.2 Å². The average molecular weight is 485 g/mol. The van der Waals surface area contributed by atoms with Crippen molar-refractivity contribution < 1.29 is 23.9 Å². The average Bonchev–Trinajstić information content (AvgIpc) is 3.48. The predicted molar refractivity (Wildman–Crippen MR) is 129 cm³/mol. The molecule has 2 N–H and O–H groups in total. The fourth-order valence-corrected chi connectivity index (χ4v) is 4.12. The number of hydrogen-bond donors (Lipinski definition) is 2. The third-order valence-electron chi connectivity index (χ3n) is 4.50. The lowest BCUT2D eigenvalue weighted by Crippen LogP contribution is -2.34. The van der Waals surface area contributed by atoms with Gasteiger partial charge in [0.2, 0.25) is 11.7 Å². The summed E-state index contributed by atoms with van der Waals surface area (Å²) in [4.78, 5) is 50.6. The van der Waals surface area contributed by atoms with Crippen LogP contribution in [0.3, 0.4) is 0 Å². The normalized spacial score (nSPS) is 11.0. The van der Waals surface area contributed by atoms with Gasteiger partial charge in [0, 0.05) is 16.0 Å². The maximum absolute atomic E-state index is 12.4. The van der Waals surface area contributed by atoms with Crippen molar-refractivity contribution in [1.29, 1.82) is 0 Å². The zero-order valence-corrected chi connectivity index (χ0v) is 20.1. The maximum Gasteiger partial charge on any atom is 0.338 e. The van der Waals surface area contributed by atoms with E-state index in [0.29, 0.717) is 22.0 Å². The minimum atomic E-state index is -0.631. The molecular formula is C24H24N2O5S2. The molecule has 0 aliphatic heterocycles. The second kappa shape index (κ2) is 10.5. The first-order valence-electron chi connectivity index (χ1n) is 10.2. The number of nitrogens with one attached hydrogen (secondary N) is 2. The number of rotatable bonds is 8. The minimum Gasteiger partial charge on any atom is -0.454 e. The second-order valence-electron chi connectivity index (χ2n) is 8.21. The summed E-state index contributed by atoms with van der Waals surface area (Å²) >= 11 is 2.59. The molecule has 2 amide bonds. The molecule has 33 heavy (non-hydrogen) atoms. The van der Waals surface area contributed by atoms with Gasteiger partial charge in [-0.15, -0.1) is 22.7 Å². The van der Waals surface area contributed by atoms with Crippen molar-refractivity contribution in [2.75, 3.05) is 11.9 Å². The van der Waals surface area contributed by atoms with Gasteiger partial charge < -0.3 is 15.4 Å². The molecule has 9 heteroatoms. The van der Waals surface area contributed by atoms with Crippen molar-refractivity contribution in [1.82, 2.24) is 5.32 Å². The Morgan fingerprint density at radius 2 is 1.67 bits per heavy atom. The number of ketones is 1. The van der Waals surface area contributed by atoms with E-state index in [4.69, 9.17) is 4.74 Å². The predicted octanol–water partition coefficient (Wildman–Crippen LogP) is 4.76. The molecule has 172 valence electrons. The Labute approximate surface area is 199 Å². The maximum atomic E-state index is 12.4. The number of benzene rings is 1. The summed E-state index contributed by atoms with van der Waals surface area (Å²) in [6.07, 6.45) is 0. The summed E-state index contributed by atoms with van der Waals surface area (Å²) < 4.78 is 5.14. The van der Waals surface area contributed by atoms with Gasteiger partial charge in [0.15, 0.2) is 6.61 Å². The second-order valence-corrected chi connectivity index (χ2v) is 10.3. The monoisotopic (exact) mass is 484 g/mol. The third-order valence-corrected chi connectivity index (χ3v) is 6.49. The standard InChI is InChI=1S/C24H24N2O5S2/c1-24(2,3)23(30)25-13-17-10-11-19(33-17)18(27)14-31-22(29)15-6-8-16(9-7-15)26-21(28)20-5-4-12-32-20/h4-12H,13-14H2,1-3H3,(H,25,30)(H,26,28). The summed E-state index contributed by atoms with van der Waals surface area (Å²) in [6, 6.07) is 13.2. The first kappa shape index (κ1) is 24.3. The molecule has 2 heterocycles. The van der Waals surface area contributed by atoms with Crippen LogP contribution in [-0.4, -0.2) is 30.2 Å². The van der Waals surface area contributed by atoms with Crippen molar-refractivity contribution in [2.24, 2.45) is 5.41 Å². The van der Waals surface area contributed by atoms with Crippen molar-refractivity contribution in [3.8, 4) is 0 Å². The molecule has 1 aromatic carbocycles. The fraction of sp³-hybridized carbons (Fsp3) is 0.250. The number of Topliss-reactive ketones (excluding diaryl/α,β-unsaturated/α-hetero) is 1. The Hall–Kier alpha value is -3.30. The van der Waals surface area contributed by atoms with E-state index in [1.54, 1.807) is 36.4 Å². The molecule has 2 aromatic heterocycles. The van der Waals surface area contributed by atoms with Crippen LogP contribution in [0.5, 0.6) is 0 Å². The number of esters is 1. The van der Waals surface area contributed by atoms with Crippen molar-refractivity contribution in [2.45, 2.75) is 27.3 Å². The van der Waals surface area contributed by atoms with E-state index in [1.807, 2.05) is 26.2 Å². The van der Waals surface area contributed by atoms with Gasteiger partial charge in [-0.3, -0.25) is 14.4 Å². The van der Waals surface area contributed by atoms with E-state index < -0.39 is 11.4 Å². The number of anilines is 1. The van der Waals surface area contributed by atoms with Crippen LogP contribution in [0.4, 0.5) is 5.69 Å². The van der Waals surface area contributed by atoms with Crippen LogP contribution in [0.25, 0.3) is 0 Å². The van der Waals surface area contributed by atoms with Gasteiger partial charge in [0.1, 0.15) is 0 Å². The lowest BCUT2D eigenvalue weighted by Gasteiger charge is -2.17. The minimum absolute atomic E-state index is 0.0742. The lowest BCUT2D eigenvalue weighted by molar-refractivity contribution is -0.128. The molecule has 0 aliphatic rings. The van der Waals surface area contributed by atoms with Crippen molar-refractivity contribution in [3.05, 3.63) is 74.1 Å². The SMILES string of the molecule is CC(C)(C)C(=O)NCc1ccc(C(=O)COC(=O)c2ccc(NC(=O)c3cccs3)cc2)s1. The molecule has 0 radical (unpaired) electrons.